The van der Waals surface area contributed by atoms with Crippen molar-refractivity contribution in [2.45, 2.75) is 31.7 Å². The number of methoxy groups -OCH3 is 1. The molecule has 2 unspecified atom stereocenters. The summed E-state index contributed by atoms with van der Waals surface area (Å²) >= 11 is 6.39. The van der Waals surface area contributed by atoms with Crippen LogP contribution in [-0.2, 0) is 11.3 Å². The summed E-state index contributed by atoms with van der Waals surface area (Å²) in [7, 11) is 1.67. The molecular formula is C34H39Cl2N3O3. The van der Waals surface area contributed by atoms with Gasteiger partial charge in [-0.05, 0) is 73.7 Å². The highest BCUT2D eigenvalue weighted by atomic mass is 35.5. The summed E-state index contributed by atoms with van der Waals surface area (Å²) < 4.78 is 5.27. The third-order valence-corrected chi connectivity index (χ3v) is 9.83. The molecule has 3 heterocycles. The van der Waals surface area contributed by atoms with Crippen LogP contribution in [0.15, 0.2) is 78.9 Å². The van der Waals surface area contributed by atoms with Crippen molar-refractivity contribution in [1.29, 1.82) is 0 Å². The lowest BCUT2D eigenvalue weighted by Gasteiger charge is -2.39. The quantitative estimate of drug-likeness (QED) is 0.324. The Morgan fingerprint density at radius 1 is 0.905 bits per heavy atom. The van der Waals surface area contributed by atoms with Gasteiger partial charge in [-0.15, -0.1) is 12.4 Å². The van der Waals surface area contributed by atoms with Crippen molar-refractivity contribution in [3.05, 3.63) is 101 Å². The average molecular weight is 609 g/mol. The highest BCUT2D eigenvalue weighted by molar-refractivity contribution is 6.33. The zero-order valence-electron chi connectivity index (χ0n) is 24.1. The summed E-state index contributed by atoms with van der Waals surface area (Å²) in [5.41, 5.74) is 2.75. The lowest BCUT2D eigenvalue weighted by Crippen LogP contribution is -2.46. The minimum atomic E-state index is -0.233. The highest BCUT2D eigenvalue weighted by Gasteiger charge is 2.48. The summed E-state index contributed by atoms with van der Waals surface area (Å²) in [6, 6.07) is 25.9. The normalized spacial score (nSPS) is 21.9. The van der Waals surface area contributed by atoms with E-state index in [2.05, 4.69) is 29.2 Å². The fourth-order valence-corrected chi connectivity index (χ4v) is 7.28. The van der Waals surface area contributed by atoms with Crippen molar-refractivity contribution in [3.63, 3.8) is 0 Å². The predicted octanol–water partition coefficient (Wildman–Crippen LogP) is 6.14. The van der Waals surface area contributed by atoms with Gasteiger partial charge in [-0.2, -0.15) is 0 Å². The first-order chi connectivity index (χ1) is 20.0. The van der Waals surface area contributed by atoms with E-state index in [-0.39, 0.29) is 29.6 Å². The van der Waals surface area contributed by atoms with Gasteiger partial charge in [-0.3, -0.25) is 9.59 Å². The molecule has 0 radical (unpaired) electrons. The number of carbonyl (C=O) groups excluding carboxylic acids is 2. The molecule has 2 atom stereocenters. The maximum Gasteiger partial charge on any atom is 0.255 e. The van der Waals surface area contributed by atoms with Crippen LogP contribution in [0.25, 0.3) is 0 Å². The van der Waals surface area contributed by atoms with Crippen molar-refractivity contribution >= 4 is 35.8 Å². The van der Waals surface area contributed by atoms with Gasteiger partial charge >= 0.3 is 0 Å². The van der Waals surface area contributed by atoms with Crippen LogP contribution in [0.2, 0.25) is 5.02 Å². The summed E-state index contributed by atoms with van der Waals surface area (Å²) in [5, 5.41) is 0.501. The first-order valence-corrected chi connectivity index (χ1v) is 15.1. The number of likely N-dealkylation sites (tertiary alicyclic amines) is 3. The third kappa shape index (κ3) is 6.17. The van der Waals surface area contributed by atoms with Crippen LogP contribution in [0.4, 0.5) is 0 Å². The van der Waals surface area contributed by atoms with Crippen LogP contribution in [0.5, 0.6) is 5.75 Å². The highest BCUT2D eigenvalue weighted by Crippen LogP contribution is 2.43. The number of amides is 2. The second-order valence-electron chi connectivity index (χ2n) is 11.9. The smallest absolute Gasteiger partial charge is 0.255 e. The molecule has 0 N–H and O–H groups in total. The average Bonchev–Trinajstić information content (AvgIpc) is 3.56. The van der Waals surface area contributed by atoms with Crippen molar-refractivity contribution in [2.75, 3.05) is 46.4 Å². The number of halogens is 2. The van der Waals surface area contributed by atoms with Gasteiger partial charge in [0.1, 0.15) is 5.75 Å². The van der Waals surface area contributed by atoms with Crippen molar-refractivity contribution in [2.24, 2.45) is 11.3 Å². The van der Waals surface area contributed by atoms with Gasteiger partial charge in [0.05, 0.1) is 23.1 Å². The number of benzene rings is 3. The van der Waals surface area contributed by atoms with E-state index in [0.29, 0.717) is 42.0 Å². The molecule has 3 saturated heterocycles. The molecule has 0 bridgehead atoms. The number of carbonyl (C=O) groups is 2. The van der Waals surface area contributed by atoms with Crippen molar-refractivity contribution in [1.82, 2.24) is 14.7 Å². The molecule has 6 rings (SSSR count). The Morgan fingerprint density at radius 3 is 2.26 bits per heavy atom. The van der Waals surface area contributed by atoms with E-state index in [4.69, 9.17) is 16.3 Å². The first-order valence-electron chi connectivity index (χ1n) is 14.7. The zero-order valence-corrected chi connectivity index (χ0v) is 25.7. The predicted molar refractivity (Wildman–Crippen MR) is 168 cm³/mol. The molecule has 2 amide bonds. The Kier molecular flexibility index (Phi) is 9.46. The van der Waals surface area contributed by atoms with E-state index >= 15 is 0 Å². The molecule has 6 nitrogen and oxygen atoms in total. The standard InChI is InChI=1S/C34H38ClN3O3.ClH/c1-41-28-13-11-25(12-14-28)21-37-20-17-34(33(37)40)15-18-36(19-16-34)22-27-23-38(24-30(27)26-7-3-2-4-8-26)32(39)29-9-5-6-10-31(29)35;/h2-14,27,30H,15-24H2,1H3;1H. The maximum absolute atomic E-state index is 13.6. The minimum absolute atomic E-state index is 0. The molecule has 3 aromatic carbocycles. The molecule has 222 valence electrons. The summed E-state index contributed by atoms with van der Waals surface area (Å²) in [5.74, 6) is 1.74. The number of rotatable bonds is 7. The third-order valence-electron chi connectivity index (χ3n) is 9.50. The van der Waals surface area contributed by atoms with Gasteiger partial charge < -0.3 is 19.4 Å². The van der Waals surface area contributed by atoms with Crippen molar-refractivity contribution in [3.8, 4) is 5.75 Å². The number of nitrogens with zero attached hydrogens (tertiary/aromatic N) is 3. The minimum Gasteiger partial charge on any atom is -0.497 e. The summed E-state index contributed by atoms with van der Waals surface area (Å²) in [4.78, 5) is 33.6. The van der Waals surface area contributed by atoms with E-state index in [9.17, 15) is 9.59 Å². The molecule has 0 aliphatic carbocycles. The van der Waals surface area contributed by atoms with E-state index in [1.165, 1.54) is 5.56 Å². The number of hydrogen-bond donors (Lipinski definition) is 0. The molecule has 3 aliphatic rings. The fourth-order valence-electron chi connectivity index (χ4n) is 7.06. The Balaban J connectivity index is 0.00000353. The van der Waals surface area contributed by atoms with E-state index in [0.717, 1.165) is 56.8 Å². The Morgan fingerprint density at radius 2 is 1.57 bits per heavy atom. The van der Waals surface area contributed by atoms with Crippen LogP contribution in [0, 0.1) is 11.3 Å². The lowest BCUT2D eigenvalue weighted by molar-refractivity contribution is -0.139. The summed E-state index contributed by atoms with van der Waals surface area (Å²) in [6.07, 6.45) is 2.73. The largest absolute Gasteiger partial charge is 0.497 e. The maximum atomic E-state index is 13.6. The molecule has 8 heteroatoms. The molecule has 0 aromatic heterocycles. The van der Waals surface area contributed by atoms with E-state index in [1.807, 2.05) is 58.3 Å². The van der Waals surface area contributed by atoms with Crippen LogP contribution in [0.3, 0.4) is 0 Å². The Bertz CT molecular complexity index is 1380. The molecule has 3 fully saturated rings. The van der Waals surface area contributed by atoms with Gasteiger partial charge in [0.2, 0.25) is 5.91 Å². The number of piperidine rings is 1. The molecule has 3 aromatic rings. The number of ether oxygens (including phenoxy) is 1. The van der Waals surface area contributed by atoms with Crippen molar-refractivity contribution < 1.29 is 14.3 Å². The first kappa shape index (κ1) is 30.4. The van der Waals surface area contributed by atoms with E-state index < -0.39 is 0 Å². The topological polar surface area (TPSA) is 53.1 Å². The molecule has 0 saturated carbocycles. The van der Waals surface area contributed by atoms with Crippen LogP contribution in [-0.4, -0.2) is 72.9 Å². The van der Waals surface area contributed by atoms with Gasteiger partial charge in [0, 0.05) is 38.6 Å². The van der Waals surface area contributed by atoms with Gasteiger partial charge in [0.25, 0.3) is 5.91 Å². The molecule has 3 aliphatic heterocycles. The zero-order chi connectivity index (χ0) is 28.4. The fraction of sp³-hybridized carbons (Fsp3) is 0.412. The molecule has 1 spiro atoms. The lowest BCUT2D eigenvalue weighted by atomic mass is 9.76. The second kappa shape index (κ2) is 13.1. The van der Waals surface area contributed by atoms with Gasteiger partial charge in [0.15, 0.2) is 0 Å². The van der Waals surface area contributed by atoms with Crippen LogP contribution < -0.4 is 4.74 Å². The van der Waals surface area contributed by atoms with Gasteiger partial charge in [-0.25, -0.2) is 0 Å². The van der Waals surface area contributed by atoms with Gasteiger partial charge in [-0.1, -0.05) is 66.2 Å². The second-order valence-corrected chi connectivity index (χ2v) is 12.3. The SMILES string of the molecule is COc1ccc(CN2CCC3(CCN(CC4CN(C(=O)c5ccccc5Cl)CC4c4ccccc4)CC3)C2=O)cc1.Cl. The Hall–Kier alpha value is -3.06. The monoisotopic (exact) mass is 607 g/mol. The van der Waals surface area contributed by atoms with Crippen LogP contribution in [0.1, 0.15) is 46.7 Å². The Labute approximate surface area is 260 Å². The summed E-state index contributed by atoms with van der Waals surface area (Å²) in [6.45, 7) is 5.63. The van der Waals surface area contributed by atoms with Crippen LogP contribution >= 0.6 is 24.0 Å². The molecular weight excluding hydrogens is 569 g/mol. The van der Waals surface area contributed by atoms with E-state index in [1.54, 1.807) is 13.2 Å². The number of hydrogen-bond acceptors (Lipinski definition) is 4. The molecule has 42 heavy (non-hydrogen) atoms.